The minimum atomic E-state index is -0.401. The fourth-order valence-corrected chi connectivity index (χ4v) is 1.97. The van der Waals surface area contributed by atoms with Gasteiger partial charge in [-0.2, -0.15) is 0 Å². The maximum atomic E-state index is 10.7. The van der Waals surface area contributed by atoms with Crippen molar-refractivity contribution in [3.05, 3.63) is 70.0 Å². The number of likely N-dealkylation sites (N-methyl/N-ethyl adjacent to an activating group) is 1. The van der Waals surface area contributed by atoms with E-state index >= 15 is 0 Å². The van der Waals surface area contributed by atoms with Crippen molar-refractivity contribution in [2.45, 2.75) is 12.5 Å². The molecule has 0 amide bonds. The van der Waals surface area contributed by atoms with Gasteiger partial charge in [-0.25, -0.2) is 0 Å². The van der Waals surface area contributed by atoms with Crippen molar-refractivity contribution in [1.29, 1.82) is 0 Å². The SMILES string of the molecule is CNC(Cc1cc([N+](=O)[O-])ccn1)c1ccccc1. The maximum Gasteiger partial charge on any atom is 0.272 e. The van der Waals surface area contributed by atoms with Gasteiger partial charge in [0.25, 0.3) is 5.69 Å². The Morgan fingerprint density at radius 2 is 2.05 bits per heavy atom. The van der Waals surface area contributed by atoms with Crippen LogP contribution >= 0.6 is 0 Å². The summed E-state index contributed by atoms with van der Waals surface area (Å²) in [7, 11) is 1.87. The Labute approximate surface area is 111 Å². The van der Waals surface area contributed by atoms with Gasteiger partial charge in [0.05, 0.1) is 4.92 Å². The van der Waals surface area contributed by atoms with E-state index in [0.29, 0.717) is 12.1 Å². The molecule has 1 unspecified atom stereocenters. The zero-order valence-electron chi connectivity index (χ0n) is 10.6. The van der Waals surface area contributed by atoms with Crippen molar-refractivity contribution in [2.24, 2.45) is 0 Å². The summed E-state index contributed by atoms with van der Waals surface area (Å²) in [4.78, 5) is 14.5. The van der Waals surface area contributed by atoms with Crippen LogP contribution in [0.5, 0.6) is 0 Å². The van der Waals surface area contributed by atoms with Gasteiger partial charge < -0.3 is 5.32 Å². The van der Waals surface area contributed by atoms with E-state index in [9.17, 15) is 10.1 Å². The second-order valence-corrected chi connectivity index (χ2v) is 4.22. The highest BCUT2D eigenvalue weighted by atomic mass is 16.6. The van der Waals surface area contributed by atoms with Crippen LogP contribution in [-0.4, -0.2) is 17.0 Å². The molecule has 5 heteroatoms. The molecular formula is C14H15N3O2. The number of nitro groups is 1. The van der Waals surface area contributed by atoms with Gasteiger partial charge in [0.1, 0.15) is 0 Å². The van der Waals surface area contributed by atoms with Crippen LogP contribution in [0.25, 0.3) is 0 Å². The van der Waals surface area contributed by atoms with E-state index in [0.717, 1.165) is 5.56 Å². The first-order valence-electron chi connectivity index (χ1n) is 6.02. The molecule has 0 bridgehead atoms. The Morgan fingerprint density at radius 3 is 2.68 bits per heavy atom. The van der Waals surface area contributed by atoms with Gasteiger partial charge in [0, 0.05) is 36.5 Å². The molecule has 1 atom stereocenters. The summed E-state index contributed by atoms with van der Waals surface area (Å²) in [6.07, 6.45) is 2.09. The fourth-order valence-electron chi connectivity index (χ4n) is 1.97. The van der Waals surface area contributed by atoms with Gasteiger partial charge in [0.2, 0.25) is 0 Å². The molecule has 5 nitrogen and oxygen atoms in total. The van der Waals surface area contributed by atoms with E-state index < -0.39 is 4.92 Å². The van der Waals surface area contributed by atoms with Crippen molar-refractivity contribution < 1.29 is 4.92 Å². The quantitative estimate of drug-likeness (QED) is 0.660. The first-order chi connectivity index (χ1) is 9.20. The number of hydrogen-bond donors (Lipinski definition) is 1. The number of aromatic nitrogens is 1. The largest absolute Gasteiger partial charge is 0.313 e. The number of nitrogens with zero attached hydrogens (tertiary/aromatic N) is 2. The van der Waals surface area contributed by atoms with E-state index in [1.807, 2.05) is 37.4 Å². The van der Waals surface area contributed by atoms with Crippen LogP contribution < -0.4 is 5.32 Å². The second-order valence-electron chi connectivity index (χ2n) is 4.22. The van der Waals surface area contributed by atoms with Crippen LogP contribution in [0.2, 0.25) is 0 Å². The average molecular weight is 257 g/mol. The summed E-state index contributed by atoms with van der Waals surface area (Å²) in [6.45, 7) is 0. The van der Waals surface area contributed by atoms with Crippen molar-refractivity contribution in [1.82, 2.24) is 10.3 Å². The van der Waals surface area contributed by atoms with E-state index in [-0.39, 0.29) is 11.7 Å². The first kappa shape index (κ1) is 13.2. The molecule has 0 aliphatic rings. The molecule has 0 saturated carbocycles. The molecule has 0 spiro atoms. The molecular weight excluding hydrogens is 242 g/mol. The average Bonchev–Trinajstić information content (AvgIpc) is 2.46. The lowest BCUT2D eigenvalue weighted by molar-refractivity contribution is -0.385. The molecule has 2 aromatic rings. The van der Waals surface area contributed by atoms with Crippen molar-refractivity contribution >= 4 is 5.69 Å². The molecule has 1 aromatic carbocycles. The summed E-state index contributed by atoms with van der Waals surface area (Å²) in [5.41, 5.74) is 1.92. The van der Waals surface area contributed by atoms with Gasteiger partial charge in [-0.15, -0.1) is 0 Å². The predicted molar refractivity (Wildman–Crippen MR) is 72.8 cm³/mol. The summed E-state index contributed by atoms with van der Waals surface area (Å²) >= 11 is 0. The number of pyridine rings is 1. The van der Waals surface area contributed by atoms with Crippen LogP contribution in [0, 0.1) is 10.1 Å². The Bertz CT molecular complexity index is 558. The zero-order valence-corrected chi connectivity index (χ0v) is 10.6. The molecule has 19 heavy (non-hydrogen) atoms. The lowest BCUT2D eigenvalue weighted by Crippen LogP contribution is -2.19. The first-order valence-corrected chi connectivity index (χ1v) is 6.02. The third-order valence-electron chi connectivity index (χ3n) is 2.97. The summed E-state index contributed by atoms with van der Waals surface area (Å²) < 4.78 is 0. The van der Waals surface area contributed by atoms with Crippen LogP contribution in [0.1, 0.15) is 17.3 Å². The molecule has 2 rings (SSSR count). The third kappa shape index (κ3) is 3.35. The number of rotatable bonds is 5. The van der Waals surface area contributed by atoms with Gasteiger partial charge in [-0.05, 0) is 12.6 Å². The Morgan fingerprint density at radius 1 is 1.32 bits per heavy atom. The van der Waals surface area contributed by atoms with Crippen LogP contribution in [0.3, 0.4) is 0 Å². The van der Waals surface area contributed by atoms with Gasteiger partial charge in [0.15, 0.2) is 0 Å². The van der Waals surface area contributed by atoms with Crippen LogP contribution in [-0.2, 0) is 6.42 Å². The highest BCUT2D eigenvalue weighted by molar-refractivity contribution is 5.31. The second kappa shape index (κ2) is 6.06. The molecule has 1 aromatic heterocycles. The number of nitrogens with one attached hydrogen (secondary N) is 1. The van der Waals surface area contributed by atoms with Crippen LogP contribution in [0.15, 0.2) is 48.7 Å². The van der Waals surface area contributed by atoms with Gasteiger partial charge in [-0.3, -0.25) is 15.1 Å². The number of benzene rings is 1. The molecule has 0 fully saturated rings. The monoisotopic (exact) mass is 257 g/mol. The summed E-state index contributed by atoms with van der Waals surface area (Å²) in [5.74, 6) is 0. The molecule has 98 valence electrons. The standard InChI is InChI=1S/C14H15N3O2/c1-15-14(11-5-3-2-4-6-11)10-12-9-13(17(18)19)7-8-16-12/h2-9,14-15H,10H2,1H3. The minimum absolute atomic E-state index is 0.0768. The van der Waals surface area contributed by atoms with Crippen molar-refractivity contribution in [3.8, 4) is 0 Å². The predicted octanol–water partition coefficient (Wildman–Crippen LogP) is 2.49. The summed E-state index contributed by atoms with van der Waals surface area (Å²) in [6, 6.07) is 13.0. The van der Waals surface area contributed by atoms with Gasteiger partial charge in [-0.1, -0.05) is 30.3 Å². The fraction of sp³-hybridized carbons (Fsp3) is 0.214. The van der Waals surface area contributed by atoms with E-state index in [1.54, 1.807) is 0 Å². The lowest BCUT2D eigenvalue weighted by atomic mass is 10.0. The van der Waals surface area contributed by atoms with E-state index in [1.165, 1.54) is 18.3 Å². The highest BCUT2D eigenvalue weighted by Gasteiger charge is 2.13. The van der Waals surface area contributed by atoms with Gasteiger partial charge >= 0.3 is 0 Å². The molecule has 0 radical (unpaired) electrons. The minimum Gasteiger partial charge on any atom is -0.313 e. The molecule has 0 aliphatic carbocycles. The molecule has 0 saturated heterocycles. The lowest BCUT2D eigenvalue weighted by Gasteiger charge is -2.15. The topological polar surface area (TPSA) is 68.1 Å². The van der Waals surface area contributed by atoms with Crippen LogP contribution in [0.4, 0.5) is 5.69 Å². The van der Waals surface area contributed by atoms with E-state index in [4.69, 9.17) is 0 Å². The summed E-state index contributed by atoms with van der Waals surface area (Å²) in [5, 5.41) is 13.9. The maximum absolute atomic E-state index is 10.7. The normalized spacial score (nSPS) is 12.1. The molecule has 1 heterocycles. The Hall–Kier alpha value is -2.27. The molecule has 1 N–H and O–H groups in total. The van der Waals surface area contributed by atoms with E-state index in [2.05, 4.69) is 10.3 Å². The highest BCUT2D eigenvalue weighted by Crippen LogP contribution is 2.19. The zero-order chi connectivity index (χ0) is 13.7. The smallest absolute Gasteiger partial charge is 0.272 e. The third-order valence-corrected chi connectivity index (χ3v) is 2.97. The van der Waals surface area contributed by atoms with Crippen molar-refractivity contribution in [2.75, 3.05) is 7.05 Å². The Kier molecular flexibility index (Phi) is 4.20. The molecule has 0 aliphatic heterocycles. The number of hydrogen-bond acceptors (Lipinski definition) is 4. The Balaban J connectivity index is 2.19. The van der Waals surface area contributed by atoms with Crippen molar-refractivity contribution in [3.63, 3.8) is 0 Å².